The Kier molecular flexibility index (Phi) is 3.22. The Hall–Kier alpha value is -0.700. The van der Waals surface area contributed by atoms with Gasteiger partial charge >= 0.3 is 0 Å². The van der Waals surface area contributed by atoms with Crippen molar-refractivity contribution < 1.29 is 0 Å². The van der Waals surface area contributed by atoms with Gasteiger partial charge in [0.1, 0.15) is 0 Å². The number of allylic oxidation sites excluding steroid dienone is 1. The van der Waals surface area contributed by atoms with E-state index in [0.29, 0.717) is 11.3 Å². The molecule has 1 unspecified atom stereocenters. The van der Waals surface area contributed by atoms with Gasteiger partial charge in [-0.1, -0.05) is 39.2 Å². The van der Waals surface area contributed by atoms with E-state index in [1.54, 1.807) is 0 Å². The molecular formula is C10H16. The molecule has 0 N–H and O–H groups in total. The van der Waals surface area contributed by atoms with Crippen LogP contribution < -0.4 is 0 Å². The van der Waals surface area contributed by atoms with Crippen molar-refractivity contribution in [1.29, 1.82) is 0 Å². The molecule has 0 rings (SSSR count). The molecule has 0 nitrogen and oxygen atoms in total. The normalized spacial score (nSPS) is 13.2. The third-order valence-corrected chi connectivity index (χ3v) is 1.80. The largest absolute Gasteiger partial charge is 0.0785 e. The second-order valence-corrected chi connectivity index (χ2v) is 3.64. The quantitative estimate of drug-likeness (QED) is 0.486. The maximum Gasteiger partial charge on any atom is -0.0131 e. The SMILES string of the molecule is C=C=C=CC(C)C(C)(C)C. The Morgan fingerprint density at radius 1 is 1.40 bits per heavy atom. The maximum absolute atomic E-state index is 3.45. The first-order valence-corrected chi connectivity index (χ1v) is 3.59. The molecule has 0 heterocycles. The van der Waals surface area contributed by atoms with Crippen molar-refractivity contribution in [3.05, 3.63) is 24.1 Å². The minimum Gasteiger partial charge on any atom is -0.0785 e. The third-order valence-electron chi connectivity index (χ3n) is 1.80. The summed E-state index contributed by atoms with van der Waals surface area (Å²) in [5, 5.41) is 0. The highest BCUT2D eigenvalue weighted by molar-refractivity contribution is 4.90. The van der Waals surface area contributed by atoms with E-state index < -0.39 is 0 Å². The molecule has 0 aromatic carbocycles. The van der Waals surface area contributed by atoms with Gasteiger partial charge in [0.15, 0.2) is 0 Å². The zero-order valence-corrected chi connectivity index (χ0v) is 7.36. The van der Waals surface area contributed by atoms with Crippen LogP contribution in [-0.4, -0.2) is 0 Å². The lowest BCUT2D eigenvalue weighted by Gasteiger charge is -2.23. The summed E-state index contributed by atoms with van der Waals surface area (Å²) >= 11 is 0. The Labute approximate surface area is 64.0 Å². The van der Waals surface area contributed by atoms with Crippen LogP contribution in [0.4, 0.5) is 0 Å². The molecule has 0 bridgehead atoms. The first-order valence-electron chi connectivity index (χ1n) is 3.59. The zero-order valence-electron chi connectivity index (χ0n) is 7.36. The summed E-state index contributed by atoms with van der Waals surface area (Å²) in [6.07, 6.45) is 2.01. The van der Waals surface area contributed by atoms with Gasteiger partial charge in [-0.3, -0.25) is 0 Å². The standard InChI is InChI=1S/C10H16/c1-6-7-8-9(2)10(3,4)5/h8-9H,1H2,2-5H3. The minimum atomic E-state index is 0.323. The highest BCUT2D eigenvalue weighted by Crippen LogP contribution is 2.25. The summed E-state index contributed by atoms with van der Waals surface area (Å²) in [4.78, 5) is 0. The monoisotopic (exact) mass is 136 g/mol. The average molecular weight is 136 g/mol. The van der Waals surface area contributed by atoms with Crippen molar-refractivity contribution in [1.82, 2.24) is 0 Å². The second-order valence-electron chi connectivity index (χ2n) is 3.64. The fourth-order valence-corrected chi connectivity index (χ4v) is 0.434. The van der Waals surface area contributed by atoms with E-state index in [0.717, 1.165) is 0 Å². The molecule has 56 valence electrons. The van der Waals surface area contributed by atoms with Gasteiger partial charge in [-0.15, -0.1) is 0 Å². The molecule has 0 radical (unpaired) electrons. The predicted molar refractivity (Wildman–Crippen MR) is 45.8 cm³/mol. The highest BCUT2D eigenvalue weighted by Gasteiger charge is 2.16. The van der Waals surface area contributed by atoms with E-state index in [1.165, 1.54) is 0 Å². The summed E-state index contributed by atoms with van der Waals surface area (Å²) in [5.41, 5.74) is 5.81. The molecule has 0 heteroatoms. The van der Waals surface area contributed by atoms with Crippen molar-refractivity contribution in [3.8, 4) is 0 Å². The first kappa shape index (κ1) is 9.30. The highest BCUT2D eigenvalue weighted by atomic mass is 14.2. The van der Waals surface area contributed by atoms with Crippen molar-refractivity contribution in [2.24, 2.45) is 11.3 Å². The van der Waals surface area contributed by atoms with Gasteiger partial charge in [-0.25, -0.2) is 0 Å². The molecule has 0 aliphatic rings. The van der Waals surface area contributed by atoms with Crippen LogP contribution in [0.5, 0.6) is 0 Å². The Morgan fingerprint density at radius 2 is 1.90 bits per heavy atom. The van der Waals surface area contributed by atoms with Crippen LogP contribution >= 0.6 is 0 Å². The van der Waals surface area contributed by atoms with Gasteiger partial charge in [-0.05, 0) is 24.0 Å². The fraction of sp³-hybridized carbons (Fsp3) is 0.600. The van der Waals surface area contributed by atoms with E-state index in [2.05, 4.69) is 45.7 Å². The summed E-state index contributed by atoms with van der Waals surface area (Å²) in [5.74, 6) is 0.529. The number of hydrogen-bond donors (Lipinski definition) is 0. The predicted octanol–water partition coefficient (Wildman–Crippen LogP) is 3.16. The van der Waals surface area contributed by atoms with Gasteiger partial charge < -0.3 is 0 Å². The molecular weight excluding hydrogens is 120 g/mol. The van der Waals surface area contributed by atoms with Crippen LogP contribution in [0.3, 0.4) is 0 Å². The molecule has 0 aromatic heterocycles. The molecule has 0 saturated carbocycles. The topological polar surface area (TPSA) is 0 Å². The fourth-order valence-electron chi connectivity index (χ4n) is 0.434. The Bertz CT molecular complexity index is 169. The minimum absolute atomic E-state index is 0.323. The molecule has 0 aliphatic carbocycles. The van der Waals surface area contributed by atoms with E-state index >= 15 is 0 Å². The van der Waals surface area contributed by atoms with Crippen molar-refractivity contribution in [2.45, 2.75) is 27.7 Å². The van der Waals surface area contributed by atoms with Crippen LogP contribution in [-0.2, 0) is 0 Å². The molecule has 0 fully saturated rings. The van der Waals surface area contributed by atoms with E-state index in [4.69, 9.17) is 0 Å². The molecule has 0 saturated heterocycles. The van der Waals surface area contributed by atoms with Crippen LogP contribution in [0.25, 0.3) is 0 Å². The lowest BCUT2D eigenvalue weighted by Crippen LogP contribution is -2.14. The summed E-state index contributed by atoms with van der Waals surface area (Å²) < 4.78 is 0. The van der Waals surface area contributed by atoms with Gasteiger partial charge in [0.25, 0.3) is 0 Å². The van der Waals surface area contributed by atoms with Crippen molar-refractivity contribution in [3.63, 3.8) is 0 Å². The third kappa shape index (κ3) is 3.35. The van der Waals surface area contributed by atoms with Crippen LogP contribution in [0, 0.1) is 11.3 Å². The number of hydrogen-bond acceptors (Lipinski definition) is 0. The van der Waals surface area contributed by atoms with Gasteiger partial charge in [-0.2, -0.15) is 0 Å². The molecule has 0 spiro atoms. The summed E-state index contributed by atoms with van der Waals surface area (Å²) in [6.45, 7) is 12.2. The van der Waals surface area contributed by atoms with Crippen LogP contribution in [0.15, 0.2) is 24.1 Å². The molecule has 0 aromatic rings. The number of rotatable bonds is 1. The first-order chi connectivity index (χ1) is 4.48. The van der Waals surface area contributed by atoms with E-state index in [1.807, 2.05) is 6.08 Å². The second kappa shape index (κ2) is 3.46. The zero-order chi connectivity index (χ0) is 8.20. The Morgan fingerprint density at radius 3 is 2.20 bits per heavy atom. The maximum atomic E-state index is 3.45. The lowest BCUT2D eigenvalue weighted by molar-refractivity contribution is 0.315. The lowest BCUT2D eigenvalue weighted by atomic mass is 9.82. The van der Waals surface area contributed by atoms with E-state index in [9.17, 15) is 0 Å². The molecule has 0 aliphatic heterocycles. The van der Waals surface area contributed by atoms with Gasteiger partial charge in [0, 0.05) is 0 Å². The van der Waals surface area contributed by atoms with Crippen LogP contribution in [0.1, 0.15) is 27.7 Å². The smallest absolute Gasteiger partial charge is 0.0131 e. The van der Waals surface area contributed by atoms with Crippen LogP contribution in [0.2, 0.25) is 0 Å². The van der Waals surface area contributed by atoms with Gasteiger partial charge in [0.2, 0.25) is 0 Å². The average Bonchev–Trinajstić information content (AvgIpc) is 1.80. The Balaban J connectivity index is 4.24. The molecule has 0 amide bonds. The molecule has 10 heavy (non-hydrogen) atoms. The summed E-state index contributed by atoms with van der Waals surface area (Å²) in [6, 6.07) is 0. The molecule has 1 atom stereocenters. The van der Waals surface area contributed by atoms with Crippen molar-refractivity contribution in [2.75, 3.05) is 0 Å². The van der Waals surface area contributed by atoms with Gasteiger partial charge in [0.05, 0.1) is 0 Å². The van der Waals surface area contributed by atoms with E-state index in [-0.39, 0.29) is 0 Å². The summed E-state index contributed by atoms with van der Waals surface area (Å²) in [7, 11) is 0. The van der Waals surface area contributed by atoms with Crippen molar-refractivity contribution >= 4 is 0 Å².